The van der Waals surface area contributed by atoms with Gasteiger partial charge in [0.05, 0.1) is 30.2 Å². The van der Waals surface area contributed by atoms with Crippen molar-refractivity contribution in [1.29, 1.82) is 0 Å². The van der Waals surface area contributed by atoms with E-state index in [0.717, 1.165) is 24.3 Å². The molecule has 0 aliphatic rings. The van der Waals surface area contributed by atoms with Crippen LogP contribution in [0.3, 0.4) is 0 Å². The Labute approximate surface area is 203 Å². The third-order valence-electron chi connectivity index (χ3n) is 5.59. The van der Waals surface area contributed by atoms with Gasteiger partial charge in [-0.05, 0) is 42.3 Å². The van der Waals surface area contributed by atoms with Crippen LogP contribution in [0.2, 0.25) is 0 Å². The molecule has 1 aromatic heterocycles. The Morgan fingerprint density at radius 3 is 2.35 bits per heavy atom. The predicted molar refractivity (Wildman–Crippen MR) is 139 cm³/mol. The highest BCUT2D eigenvalue weighted by molar-refractivity contribution is 6.50. The van der Waals surface area contributed by atoms with Gasteiger partial charge in [0.1, 0.15) is 0 Å². The maximum Gasteiger partial charge on any atom is 0.259 e. The van der Waals surface area contributed by atoms with Gasteiger partial charge >= 0.3 is 0 Å². The molecule has 1 N–H and O–H groups in total. The highest BCUT2D eigenvalue weighted by atomic mass is 35.5. The zero-order chi connectivity index (χ0) is 24.1. The highest BCUT2D eigenvalue weighted by Crippen LogP contribution is 2.31. The van der Waals surface area contributed by atoms with Crippen LogP contribution in [0.5, 0.6) is 11.5 Å². The van der Waals surface area contributed by atoms with Crippen LogP contribution in [0, 0.1) is 0 Å². The Bertz CT molecular complexity index is 1370. The molecule has 6 nitrogen and oxygen atoms in total. The van der Waals surface area contributed by atoms with E-state index in [9.17, 15) is 4.79 Å². The normalized spacial score (nSPS) is 11.5. The molecule has 0 spiro atoms. The summed E-state index contributed by atoms with van der Waals surface area (Å²) in [5.74, 6) is 1.24. The summed E-state index contributed by atoms with van der Waals surface area (Å²) in [6.07, 6.45) is 1.78. The lowest BCUT2D eigenvalue weighted by Gasteiger charge is -2.23. The van der Waals surface area contributed by atoms with Crippen molar-refractivity contribution in [2.24, 2.45) is 0 Å². The largest absolute Gasteiger partial charge is 0.493 e. The Morgan fingerprint density at radius 2 is 1.71 bits per heavy atom. The van der Waals surface area contributed by atoms with Crippen molar-refractivity contribution in [1.82, 2.24) is 9.97 Å². The lowest BCUT2D eigenvalue weighted by atomic mass is 10.1. The monoisotopic (exact) mass is 475 g/mol. The molecular formula is C27H26ClN3O3. The minimum Gasteiger partial charge on any atom is -0.493 e. The number of rotatable bonds is 8. The number of hydrogen-bond acceptors (Lipinski definition) is 5. The van der Waals surface area contributed by atoms with Crippen molar-refractivity contribution >= 4 is 39.3 Å². The third-order valence-corrected chi connectivity index (χ3v) is 5.87. The summed E-state index contributed by atoms with van der Waals surface area (Å²) >= 11 is 6.54. The topological polar surface area (TPSA) is 67.5 Å². The van der Waals surface area contributed by atoms with E-state index in [2.05, 4.69) is 58.2 Å². The quantitative estimate of drug-likeness (QED) is 0.354. The summed E-state index contributed by atoms with van der Waals surface area (Å²) in [7, 11) is 3.06. The number of nitrogens with one attached hydrogen (secondary N) is 1. The third kappa shape index (κ3) is 5.07. The van der Waals surface area contributed by atoms with E-state index < -0.39 is 0 Å². The average Bonchev–Trinajstić information content (AvgIpc) is 2.87. The van der Waals surface area contributed by atoms with E-state index in [4.69, 9.17) is 21.1 Å². The summed E-state index contributed by atoms with van der Waals surface area (Å²) in [5, 5.41) is 0.728. The molecule has 0 amide bonds. The number of H-pyrrole nitrogens is 1. The van der Waals surface area contributed by atoms with Crippen LogP contribution in [-0.2, 0) is 6.54 Å². The molecule has 0 aliphatic heterocycles. The van der Waals surface area contributed by atoms with Gasteiger partial charge in [-0.2, -0.15) is 0 Å². The molecule has 0 aliphatic carbocycles. The Kier molecular flexibility index (Phi) is 7.18. The van der Waals surface area contributed by atoms with E-state index in [1.54, 1.807) is 18.2 Å². The Hall–Kier alpha value is -3.77. The molecule has 0 atom stereocenters. The first-order valence-electron chi connectivity index (χ1n) is 10.9. The minimum atomic E-state index is -0.303. The van der Waals surface area contributed by atoms with Gasteiger partial charge in [-0.1, -0.05) is 54.1 Å². The molecule has 0 saturated heterocycles. The summed E-state index contributed by atoms with van der Waals surface area (Å²) in [4.78, 5) is 22.2. The average molecular weight is 476 g/mol. The number of nitrogens with zero attached hydrogens (tertiary/aromatic N) is 2. The predicted octanol–water partition coefficient (Wildman–Crippen LogP) is 5.70. The lowest BCUT2D eigenvalue weighted by Crippen LogP contribution is -2.21. The zero-order valence-corrected chi connectivity index (χ0v) is 20.1. The van der Waals surface area contributed by atoms with Crippen LogP contribution in [0.4, 0.5) is 5.69 Å². The maximum atomic E-state index is 12.6. The first kappa shape index (κ1) is 23.4. The fourth-order valence-electron chi connectivity index (χ4n) is 3.76. The second kappa shape index (κ2) is 10.4. The van der Waals surface area contributed by atoms with Crippen molar-refractivity contribution < 1.29 is 9.47 Å². The number of anilines is 1. The van der Waals surface area contributed by atoms with Crippen LogP contribution in [-0.4, -0.2) is 30.7 Å². The molecule has 0 bridgehead atoms. The van der Waals surface area contributed by atoms with Crippen molar-refractivity contribution in [3.63, 3.8) is 0 Å². The minimum absolute atomic E-state index is 0.287. The maximum absolute atomic E-state index is 12.6. The van der Waals surface area contributed by atoms with E-state index >= 15 is 0 Å². The van der Waals surface area contributed by atoms with E-state index in [0.29, 0.717) is 27.4 Å². The van der Waals surface area contributed by atoms with Gasteiger partial charge in [0.15, 0.2) is 17.3 Å². The fourth-order valence-corrected chi connectivity index (χ4v) is 3.98. The SMILES string of the molecule is CCN(Cc1ccccc1)c1ccc(/C=C(\Cl)c2nc3cc(OC)c(OC)cc3c(=O)[nH]2)cc1. The van der Waals surface area contributed by atoms with Gasteiger partial charge in [-0.15, -0.1) is 0 Å². The van der Waals surface area contributed by atoms with Gasteiger partial charge in [-0.25, -0.2) is 4.98 Å². The molecule has 3 aromatic carbocycles. The molecule has 1 heterocycles. The first-order valence-corrected chi connectivity index (χ1v) is 11.3. The number of halogens is 1. The van der Waals surface area contributed by atoms with Crippen molar-refractivity contribution in [2.75, 3.05) is 25.7 Å². The molecule has 4 aromatic rings. The van der Waals surface area contributed by atoms with Gasteiger partial charge in [0.2, 0.25) is 0 Å². The lowest BCUT2D eigenvalue weighted by molar-refractivity contribution is 0.355. The number of aromatic nitrogens is 2. The number of aromatic amines is 1. The molecule has 7 heteroatoms. The van der Waals surface area contributed by atoms with Crippen LogP contribution in [0.15, 0.2) is 71.5 Å². The van der Waals surface area contributed by atoms with E-state index in [1.807, 2.05) is 18.2 Å². The molecular weight excluding hydrogens is 450 g/mol. The van der Waals surface area contributed by atoms with Gasteiger partial charge in [-0.3, -0.25) is 4.79 Å². The van der Waals surface area contributed by atoms with Crippen LogP contribution < -0.4 is 19.9 Å². The van der Waals surface area contributed by atoms with Gasteiger partial charge in [0, 0.05) is 24.8 Å². The van der Waals surface area contributed by atoms with Crippen molar-refractivity contribution in [2.45, 2.75) is 13.5 Å². The summed E-state index contributed by atoms with van der Waals surface area (Å²) < 4.78 is 10.6. The summed E-state index contributed by atoms with van der Waals surface area (Å²) in [5.41, 5.74) is 3.45. The molecule has 174 valence electrons. The smallest absolute Gasteiger partial charge is 0.259 e. The van der Waals surface area contributed by atoms with E-state index in [1.165, 1.54) is 19.8 Å². The molecule has 0 fully saturated rings. The highest BCUT2D eigenvalue weighted by Gasteiger charge is 2.12. The number of hydrogen-bond donors (Lipinski definition) is 1. The molecule has 4 rings (SSSR count). The first-order chi connectivity index (χ1) is 16.5. The van der Waals surface area contributed by atoms with E-state index in [-0.39, 0.29) is 11.4 Å². The van der Waals surface area contributed by atoms with Crippen LogP contribution in [0.1, 0.15) is 23.9 Å². The van der Waals surface area contributed by atoms with Crippen LogP contribution in [0.25, 0.3) is 22.0 Å². The Balaban J connectivity index is 1.59. The Morgan fingerprint density at radius 1 is 1.03 bits per heavy atom. The van der Waals surface area contributed by atoms with Gasteiger partial charge in [0.25, 0.3) is 5.56 Å². The molecule has 0 saturated carbocycles. The zero-order valence-electron chi connectivity index (χ0n) is 19.3. The fraction of sp³-hybridized carbons (Fsp3) is 0.185. The second-order valence-corrected chi connectivity index (χ2v) is 8.13. The number of benzene rings is 3. The van der Waals surface area contributed by atoms with Crippen molar-refractivity contribution in [3.05, 3.63) is 94.0 Å². The summed E-state index contributed by atoms with van der Waals surface area (Å²) in [6, 6.07) is 21.8. The van der Waals surface area contributed by atoms with Gasteiger partial charge < -0.3 is 19.4 Å². The molecule has 0 radical (unpaired) electrons. The molecule has 34 heavy (non-hydrogen) atoms. The van der Waals surface area contributed by atoms with Crippen molar-refractivity contribution in [3.8, 4) is 11.5 Å². The number of methoxy groups -OCH3 is 2. The van der Waals surface area contributed by atoms with Crippen LogP contribution >= 0.6 is 11.6 Å². The second-order valence-electron chi connectivity index (χ2n) is 7.72. The summed E-state index contributed by atoms with van der Waals surface area (Å²) in [6.45, 7) is 3.87. The number of ether oxygens (including phenoxy) is 2. The number of fused-ring (bicyclic) bond motifs is 1. The standard InChI is InChI=1S/C27H26ClN3O3/c1-4-31(17-19-8-6-5-7-9-19)20-12-10-18(11-13-20)14-22(28)26-29-23-16-25(34-3)24(33-2)15-21(23)27(32)30-26/h5-16H,4,17H2,1-3H3,(H,29,30,32)/b22-14-. The molecule has 0 unspecified atom stereocenters.